The summed E-state index contributed by atoms with van der Waals surface area (Å²) in [6.07, 6.45) is 0.710. The lowest BCUT2D eigenvalue weighted by Crippen LogP contribution is -2.31. The van der Waals surface area contributed by atoms with Crippen molar-refractivity contribution in [3.63, 3.8) is 0 Å². The summed E-state index contributed by atoms with van der Waals surface area (Å²) in [5, 5.41) is 4.67. The van der Waals surface area contributed by atoms with Crippen molar-refractivity contribution in [1.29, 1.82) is 0 Å². The van der Waals surface area contributed by atoms with Crippen molar-refractivity contribution in [2.24, 2.45) is 0 Å². The van der Waals surface area contributed by atoms with E-state index in [4.69, 9.17) is 4.74 Å². The average Bonchev–Trinajstić information content (AvgIpc) is 3.12. The van der Waals surface area contributed by atoms with E-state index in [1.807, 2.05) is 41.9 Å². The smallest absolute Gasteiger partial charge is 0.275 e. The quantitative estimate of drug-likeness (QED) is 0.640. The fraction of sp³-hybridized carbons (Fsp3) is 0.304. The molecule has 2 aromatic carbocycles. The normalized spacial score (nSPS) is 13.2. The summed E-state index contributed by atoms with van der Waals surface area (Å²) in [4.78, 5) is 15.1. The Bertz CT molecular complexity index is 983. The number of benzene rings is 2. The highest BCUT2D eigenvalue weighted by molar-refractivity contribution is 5.94. The Balaban J connectivity index is 1.63. The fourth-order valence-electron chi connectivity index (χ4n) is 3.65. The van der Waals surface area contributed by atoms with E-state index < -0.39 is 0 Å². The first-order chi connectivity index (χ1) is 14.2. The zero-order valence-electron chi connectivity index (χ0n) is 16.5. The van der Waals surface area contributed by atoms with Gasteiger partial charge in [0.2, 0.25) is 0 Å². The number of fused-ring (bicyclic) bond motifs is 1. The molecule has 4 rings (SSSR count). The van der Waals surface area contributed by atoms with Gasteiger partial charge in [-0.1, -0.05) is 42.5 Å². The summed E-state index contributed by atoms with van der Waals surface area (Å²) in [7, 11) is 0. The monoisotopic (exact) mass is 393 g/mol. The molecule has 0 saturated carbocycles. The van der Waals surface area contributed by atoms with Gasteiger partial charge in [-0.25, -0.2) is 4.39 Å². The van der Waals surface area contributed by atoms with Crippen molar-refractivity contribution in [1.82, 2.24) is 14.7 Å². The Morgan fingerprint density at radius 2 is 1.90 bits per heavy atom. The zero-order chi connectivity index (χ0) is 20.2. The van der Waals surface area contributed by atoms with Gasteiger partial charge < -0.3 is 9.64 Å². The molecule has 0 radical (unpaired) electrons. The van der Waals surface area contributed by atoms with Crippen molar-refractivity contribution < 1.29 is 13.9 Å². The Labute approximate surface area is 169 Å². The van der Waals surface area contributed by atoms with Gasteiger partial charge in [-0.3, -0.25) is 9.48 Å². The molecule has 29 heavy (non-hydrogen) atoms. The molecule has 2 heterocycles. The molecule has 0 N–H and O–H groups in total. The predicted molar refractivity (Wildman–Crippen MR) is 108 cm³/mol. The molecule has 0 aliphatic carbocycles. The lowest BCUT2D eigenvalue weighted by atomic mass is 10.1. The highest BCUT2D eigenvalue weighted by Crippen LogP contribution is 2.24. The Hall–Kier alpha value is -2.99. The van der Waals surface area contributed by atoms with E-state index in [9.17, 15) is 9.18 Å². The molecular formula is C23H24FN3O2. The summed E-state index contributed by atoms with van der Waals surface area (Å²) >= 11 is 0. The van der Waals surface area contributed by atoms with Crippen molar-refractivity contribution in [2.75, 3.05) is 13.2 Å². The van der Waals surface area contributed by atoms with E-state index in [-0.39, 0.29) is 11.7 Å². The number of hydrogen-bond donors (Lipinski definition) is 0. The third-order valence-corrected chi connectivity index (χ3v) is 5.23. The molecule has 150 valence electrons. The van der Waals surface area contributed by atoms with Crippen molar-refractivity contribution in [3.05, 3.63) is 88.5 Å². The molecule has 0 spiro atoms. The van der Waals surface area contributed by atoms with Crippen LogP contribution in [0.1, 0.15) is 39.8 Å². The Morgan fingerprint density at radius 3 is 2.62 bits per heavy atom. The minimum absolute atomic E-state index is 0.0871. The van der Waals surface area contributed by atoms with Crippen LogP contribution in [0.2, 0.25) is 0 Å². The van der Waals surface area contributed by atoms with Crippen molar-refractivity contribution in [3.8, 4) is 0 Å². The molecular weight excluding hydrogens is 369 g/mol. The van der Waals surface area contributed by atoms with Crippen LogP contribution < -0.4 is 0 Å². The molecule has 0 atom stereocenters. The van der Waals surface area contributed by atoms with Gasteiger partial charge in [-0.15, -0.1) is 0 Å². The maximum atomic E-state index is 13.3. The number of hydrogen-bond acceptors (Lipinski definition) is 3. The second kappa shape index (κ2) is 8.57. The van der Waals surface area contributed by atoms with Gasteiger partial charge in [0.15, 0.2) is 5.69 Å². The predicted octanol–water partition coefficient (Wildman–Crippen LogP) is 3.81. The fourth-order valence-corrected chi connectivity index (χ4v) is 3.65. The second-order valence-corrected chi connectivity index (χ2v) is 7.17. The van der Waals surface area contributed by atoms with Gasteiger partial charge in [0.25, 0.3) is 5.91 Å². The number of rotatable bonds is 6. The van der Waals surface area contributed by atoms with Crippen LogP contribution in [-0.2, 0) is 30.9 Å². The first-order valence-electron chi connectivity index (χ1n) is 9.89. The summed E-state index contributed by atoms with van der Waals surface area (Å²) in [6.45, 7) is 4.60. The van der Waals surface area contributed by atoms with Crippen LogP contribution in [0.25, 0.3) is 0 Å². The van der Waals surface area contributed by atoms with Crippen LogP contribution in [0.5, 0.6) is 0 Å². The molecule has 0 unspecified atom stereocenters. The molecule has 0 fully saturated rings. The molecule has 1 amide bonds. The minimum atomic E-state index is -0.264. The molecule has 5 nitrogen and oxygen atoms in total. The zero-order valence-corrected chi connectivity index (χ0v) is 16.5. The van der Waals surface area contributed by atoms with Crippen molar-refractivity contribution in [2.45, 2.75) is 33.0 Å². The number of carbonyl (C=O) groups is 1. The van der Waals surface area contributed by atoms with E-state index in [0.29, 0.717) is 45.0 Å². The maximum Gasteiger partial charge on any atom is 0.275 e. The molecule has 3 aromatic rings. The molecule has 0 saturated heterocycles. The van der Waals surface area contributed by atoms with Crippen LogP contribution in [0.3, 0.4) is 0 Å². The van der Waals surface area contributed by atoms with E-state index in [1.165, 1.54) is 12.1 Å². The summed E-state index contributed by atoms with van der Waals surface area (Å²) < 4.78 is 20.7. The highest BCUT2D eigenvalue weighted by Gasteiger charge is 2.28. The van der Waals surface area contributed by atoms with Gasteiger partial charge in [0, 0.05) is 30.8 Å². The van der Waals surface area contributed by atoms with Crippen LogP contribution >= 0.6 is 0 Å². The third kappa shape index (κ3) is 4.22. The van der Waals surface area contributed by atoms with Crippen LogP contribution in [0, 0.1) is 5.82 Å². The largest absolute Gasteiger partial charge is 0.376 e. The number of amides is 1. The summed E-state index contributed by atoms with van der Waals surface area (Å²) in [5.41, 5.74) is 4.38. The SMILES string of the molecule is CCN(Cc1ccccc1)C(=O)c1nn(Cc2ccc(F)cc2)c2c1COCC2. The van der Waals surface area contributed by atoms with Crippen LogP contribution in [0.4, 0.5) is 4.39 Å². The topological polar surface area (TPSA) is 47.4 Å². The Kier molecular flexibility index (Phi) is 5.71. The van der Waals surface area contributed by atoms with E-state index in [0.717, 1.165) is 22.4 Å². The van der Waals surface area contributed by atoms with E-state index in [2.05, 4.69) is 5.10 Å². The van der Waals surface area contributed by atoms with Gasteiger partial charge in [0.1, 0.15) is 5.82 Å². The van der Waals surface area contributed by atoms with Gasteiger partial charge in [0.05, 0.1) is 19.8 Å². The highest BCUT2D eigenvalue weighted by atomic mass is 19.1. The van der Waals surface area contributed by atoms with Gasteiger partial charge >= 0.3 is 0 Å². The maximum absolute atomic E-state index is 13.3. The summed E-state index contributed by atoms with van der Waals surface area (Å²) in [5.74, 6) is -0.351. The van der Waals surface area contributed by atoms with Crippen LogP contribution in [0.15, 0.2) is 54.6 Å². The lowest BCUT2D eigenvalue weighted by Gasteiger charge is -2.21. The Morgan fingerprint density at radius 1 is 1.14 bits per heavy atom. The van der Waals surface area contributed by atoms with E-state index in [1.54, 1.807) is 17.0 Å². The molecule has 0 bridgehead atoms. The molecule has 1 aliphatic heterocycles. The number of nitrogens with zero attached hydrogens (tertiary/aromatic N) is 3. The third-order valence-electron chi connectivity index (χ3n) is 5.23. The summed E-state index contributed by atoms with van der Waals surface area (Å²) in [6, 6.07) is 16.3. The standard InChI is InChI=1S/C23H24FN3O2/c1-2-26(14-17-6-4-3-5-7-17)23(28)22-20-16-29-13-12-21(20)27(25-22)15-18-8-10-19(24)11-9-18/h3-11H,2,12-16H2,1H3. The van der Waals surface area contributed by atoms with Gasteiger partial charge in [-0.05, 0) is 30.2 Å². The van der Waals surface area contributed by atoms with Gasteiger partial charge in [-0.2, -0.15) is 5.10 Å². The van der Waals surface area contributed by atoms with Crippen molar-refractivity contribution >= 4 is 5.91 Å². The molecule has 1 aliphatic rings. The van der Waals surface area contributed by atoms with E-state index >= 15 is 0 Å². The first-order valence-corrected chi connectivity index (χ1v) is 9.89. The second-order valence-electron chi connectivity index (χ2n) is 7.17. The molecule has 6 heteroatoms. The number of halogens is 1. The minimum Gasteiger partial charge on any atom is -0.376 e. The number of aromatic nitrogens is 2. The lowest BCUT2D eigenvalue weighted by molar-refractivity contribution is 0.0733. The average molecular weight is 393 g/mol. The first kappa shape index (κ1) is 19.3. The number of ether oxygens (including phenoxy) is 1. The molecule has 1 aromatic heterocycles. The van der Waals surface area contributed by atoms with Crippen LogP contribution in [-0.4, -0.2) is 33.7 Å². The number of carbonyl (C=O) groups excluding carboxylic acids is 1.